The van der Waals surface area contributed by atoms with E-state index < -0.39 is 0 Å². The zero-order valence-electron chi connectivity index (χ0n) is 14.1. The molecule has 1 aliphatic carbocycles. The van der Waals surface area contributed by atoms with Crippen molar-refractivity contribution in [2.45, 2.75) is 26.2 Å². The number of aryl methyl sites for hydroxylation is 1. The van der Waals surface area contributed by atoms with Crippen molar-refractivity contribution < 1.29 is 0 Å². The molecule has 2 aromatic heterocycles. The standard InChI is InChI=1S/C22H18N2/c1-13-6-4-9-19-16(13)10-17-21(24-19)15-8-5-7-14-11-23-12-18(20(14)15)22(17,2)3/h4-12H,1-3H3. The number of hydrogen-bond acceptors (Lipinski definition) is 2. The molecule has 0 atom stereocenters. The van der Waals surface area contributed by atoms with Crippen molar-refractivity contribution >= 4 is 21.7 Å². The number of hydrogen-bond donors (Lipinski definition) is 0. The lowest BCUT2D eigenvalue weighted by molar-refractivity contribution is 0.640. The first kappa shape index (κ1) is 13.7. The predicted octanol–water partition coefficient (Wildman–Crippen LogP) is 5.40. The van der Waals surface area contributed by atoms with Crippen molar-refractivity contribution in [2.75, 3.05) is 0 Å². The topological polar surface area (TPSA) is 25.8 Å². The lowest BCUT2D eigenvalue weighted by Gasteiger charge is -2.34. The van der Waals surface area contributed by atoms with Crippen LogP contribution in [0, 0.1) is 6.92 Å². The molecule has 0 radical (unpaired) electrons. The van der Waals surface area contributed by atoms with Crippen LogP contribution in [-0.2, 0) is 5.41 Å². The quantitative estimate of drug-likeness (QED) is 0.435. The first-order valence-corrected chi connectivity index (χ1v) is 8.36. The van der Waals surface area contributed by atoms with Crippen LogP contribution in [0.25, 0.3) is 32.9 Å². The summed E-state index contributed by atoms with van der Waals surface area (Å²) in [6, 6.07) is 15.1. The minimum absolute atomic E-state index is 0.111. The summed E-state index contributed by atoms with van der Waals surface area (Å²) in [5.41, 5.74) is 7.15. The van der Waals surface area contributed by atoms with Gasteiger partial charge in [-0.25, -0.2) is 4.98 Å². The Balaban J connectivity index is 2.02. The van der Waals surface area contributed by atoms with Gasteiger partial charge in [-0.2, -0.15) is 0 Å². The molecule has 1 aliphatic rings. The van der Waals surface area contributed by atoms with E-state index in [4.69, 9.17) is 4.98 Å². The zero-order chi connectivity index (χ0) is 16.5. The van der Waals surface area contributed by atoms with E-state index in [9.17, 15) is 0 Å². The Hall–Kier alpha value is -2.74. The van der Waals surface area contributed by atoms with Gasteiger partial charge in [0.2, 0.25) is 0 Å². The van der Waals surface area contributed by atoms with Gasteiger partial charge in [0.1, 0.15) is 0 Å². The summed E-state index contributed by atoms with van der Waals surface area (Å²) in [4.78, 5) is 9.56. The second kappa shape index (κ2) is 4.41. The van der Waals surface area contributed by atoms with E-state index in [0.29, 0.717) is 0 Å². The highest BCUT2D eigenvalue weighted by molar-refractivity contribution is 6.03. The fourth-order valence-corrected chi connectivity index (χ4v) is 4.08. The predicted molar refractivity (Wildman–Crippen MR) is 99.3 cm³/mol. The summed E-state index contributed by atoms with van der Waals surface area (Å²) < 4.78 is 0. The number of benzene rings is 2. The minimum Gasteiger partial charge on any atom is -0.264 e. The summed E-state index contributed by atoms with van der Waals surface area (Å²) in [5.74, 6) is 0. The van der Waals surface area contributed by atoms with Crippen LogP contribution in [-0.4, -0.2) is 9.97 Å². The number of aromatic nitrogens is 2. The molecule has 0 fully saturated rings. The molecule has 4 aromatic rings. The van der Waals surface area contributed by atoms with Crippen LogP contribution in [0.2, 0.25) is 0 Å². The maximum Gasteiger partial charge on any atom is 0.0756 e. The fraction of sp³-hybridized carbons (Fsp3) is 0.182. The van der Waals surface area contributed by atoms with Gasteiger partial charge in [0.25, 0.3) is 0 Å². The summed E-state index contributed by atoms with van der Waals surface area (Å²) in [6.45, 7) is 6.72. The first-order valence-electron chi connectivity index (χ1n) is 8.36. The van der Waals surface area contributed by atoms with E-state index in [1.54, 1.807) is 0 Å². The van der Waals surface area contributed by atoms with Gasteiger partial charge in [-0.05, 0) is 41.1 Å². The van der Waals surface area contributed by atoms with Gasteiger partial charge in [-0.3, -0.25) is 4.98 Å². The van der Waals surface area contributed by atoms with Gasteiger partial charge >= 0.3 is 0 Å². The van der Waals surface area contributed by atoms with Gasteiger partial charge in [0.05, 0.1) is 11.2 Å². The molecule has 0 saturated carbocycles. The third-order valence-electron chi connectivity index (χ3n) is 5.46. The second-order valence-electron chi connectivity index (χ2n) is 7.24. The Morgan fingerprint density at radius 1 is 0.917 bits per heavy atom. The Morgan fingerprint density at radius 2 is 1.75 bits per heavy atom. The van der Waals surface area contributed by atoms with Crippen molar-refractivity contribution in [3.63, 3.8) is 0 Å². The monoisotopic (exact) mass is 310 g/mol. The van der Waals surface area contributed by atoms with Gasteiger partial charge in [-0.15, -0.1) is 0 Å². The molecule has 0 spiro atoms. The van der Waals surface area contributed by atoms with Gasteiger partial charge < -0.3 is 0 Å². The minimum atomic E-state index is -0.111. The van der Waals surface area contributed by atoms with Crippen molar-refractivity contribution in [2.24, 2.45) is 0 Å². The summed E-state index contributed by atoms with van der Waals surface area (Å²) in [7, 11) is 0. The van der Waals surface area contributed by atoms with E-state index in [1.807, 2.05) is 12.4 Å². The Bertz CT molecular complexity index is 1130. The molecule has 2 nitrogen and oxygen atoms in total. The Kier molecular flexibility index (Phi) is 2.52. The molecule has 2 heteroatoms. The summed E-state index contributed by atoms with van der Waals surface area (Å²) in [6.07, 6.45) is 3.98. The molecule has 0 aliphatic heterocycles. The average molecular weight is 310 g/mol. The lowest BCUT2D eigenvalue weighted by atomic mass is 9.70. The zero-order valence-corrected chi connectivity index (χ0v) is 14.1. The second-order valence-corrected chi connectivity index (χ2v) is 7.24. The van der Waals surface area contributed by atoms with Crippen LogP contribution in [0.5, 0.6) is 0 Å². The average Bonchev–Trinajstić information content (AvgIpc) is 2.59. The van der Waals surface area contributed by atoms with E-state index >= 15 is 0 Å². The fourth-order valence-electron chi connectivity index (χ4n) is 4.08. The number of rotatable bonds is 0. The number of pyridine rings is 2. The summed E-state index contributed by atoms with van der Waals surface area (Å²) >= 11 is 0. The SMILES string of the molecule is Cc1cccc2nc3c(cc12)C(C)(C)c1cncc2cccc-3c12. The molecule has 0 N–H and O–H groups in total. The molecular formula is C22H18N2. The number of fused-ring (bicyclic) bond motifs is 3. The normalized spacial score (nSPS) is 14.8. The molecule has 2 aromatic carbocycles. The molecule has 116 valence electrons. The van der Waals surface area contributed by atoms with Gasteiger partial charge in [-0.1, -0.05) is 44.2 Å². The van der Waals surface area contributed by atoms with Crippen molar-refractivity contribution in [1.82, 2.24) is 9.97 Å². The maximum absolute atomic E-state index is 5.08. The molecule has 5 rings (SSSR count). The molecule has 0 amide bonds. The third-order valence-corrected chi connectivity index (χ3v) is 5.46. The molecule has 0 unspecified atom stereocenters. The molecule has 2 heterocycles. The van der Waals surface area contributed by atoms with Crippen LogP contribution in [0.4, 0.5) is 0 Å². The first-order chi connectivity index (χ1) is 11.6. The van der Waals surface area contributed by atoms with Crippen molar-refractivity contribution in [3.8, 4) is 11.3 Å². The smallest absolute Gasteiger partial charge is 0.0756 e. The largest absolute Gasteiger partial charge is 0.264 e. The molecule has 24 heavy (non-hydrogen) atoms. The van der Waals surface area contributed by atoms with Crippen LogP contribution in [0.1, 0.15) is 30.5 Å². The third kappa shape index (κ3) is 1.60. The van der Waals surface area contributed by atoms with Gasteiger partial charge in [0.15, 0.2) is 0 Å². The van der Waals surface area contributed by atoms with Crippen LogP contribution in [0.3, 0.4) is 0 Å². The Morgan fingerprint density at radius 3 is 2.62 bits per heavy atom. The summed E-state index contributed by atoms with van der Waals surface area (Å²) in [5, 5.41) is 3.73. The molecule has 0 bridgehead atoms. The van der Waals surface area contributed by atoms with Crippen LogP contribution in [0.15, 0.2) is 54.9 Å². The number of nitrogens with zero attached hydrogens (tertiary/aromatic N) is 2. The van der Waals surface area contributed by atoms with Crippen LogP contribution >= 0.6 is 0 Å². The van der Waals surface area contributed by atoms with Crippen LogP contribution < -0.4 is 0 Å². The van der Waals surface area contributed by atoms with E-state index in [1.165, 1.54) is 38.4 Å². The molecular weight excluding hydrogens is 292 g/mol. The van der Waals surface area contributed by atoms with E-state index in [0.717, 1.165) is 11.2 Å². The molecule has 0 saturated heterocycles. The highest BCUT2D eigenvalue weighted by atomic mass is 14.7. The highest BCUT2D eigenvalue weighted by Crippen LogP contribution is 2.48. The lowest BCUT2D eigenvalue weighted by Crippen LogP contribution is -2.24. The Labute approximate surface area is 141 Å². The van der Waals surface area contributed by atoms with Crippen molar-refractivity contribution in [1.29, 1.82) is 0 Å². The van der Waals surface area contributed by atoms with E-state index in [2.05, 4.69) is 68.2 Å². The highest BCUT2D eigenvalue weighted by Gasteiger charge is 2.34. The van der Waals surface area contributed by atoms with Crippen molar-refractivity contribution in [3.05, 3.63) is 71.5 Å². The van der Waals surface area contributed by atoms with Gasteiger partial charge in [0, 0.05) is 34.1 Å². The maximum atomic E-state index is 5.08. The van der Waals surface area contributed by atoms with E-state index in [-0.39, 0.29) is 5.41 Å².